The summed E-state index contributed by atoms with van der Waals surface area (Å²) in [6.45, 7) is 12.9. The fraction of sp³-hybridized carbons (Fsp3) is 0.600. The predicted octanol–water partition coefficient (Wildman–Crippen LogP) is 3.32. The molecule has 25 heavy (non-hydrogen) atoms. The molecular weight excluding hydrogens is 312 g/mol. The molecule has 0 bridgehead atoms. The maximum Gasteiger partial charge on any atom is 0.344 e. The van der Waals surface area contributed by atoms with Crippen molar-refractivity contribution in [3.63, 3.8) is 0 Å². The van der Waals surface area contributed by atoms with Crippen LogP contribution in [-0.4, -0.2) is 58.3 Å². The van der Waals surface area contributed by atoms with E-state index < -0.39 is 0 Å². The van der Waals surface area contributed by atoms with Crippen molar-refractivity contribution in [1.82, 2.24) is 19.6 Å². The zero-order valence-corrected chi connectivity index (χ0v) is 15.9. The van der Waals surface area contributed by atoms with Gasteiger partial charge in [0.1, 0.15) is 0 Å². The Morgan fingerprint density at radius 2 is 2.00 bits per heavy atom. The first-order valence-electron chi connectivity index (χ1n) is 9.17. The van der Waals surface area contributed by atoms with E-state index in [1.807, 2.05) is 24.9 Å². The lowest BCUT2D eigenvalue weighted by Crippen LogP contribution is -2.36. The van der Waals surface area contributed by atoms with Gasteiger partial charge in [0.2, 0.25) is 0 Å². The van der Waals surface area contributed by atoms with Gasteiger partial charge in [-0.3, -0.25) is 4.90 Å². The summed E-state index contributed by atoms with van der Waals surface area (Å²) in [6.07, 6.45) is 8.08. The highest BCUT2D eigenvalue weighted by molar-refractivity contribution is 5.76. The number of allylic oxidation sites excluding steroid dienone is 2. The van der Waals surface area contributed by atoms with Crippen LogP contribution in [-0.2, 0) is 0 Å². The first kappa shape index (κ1) is 17.9. The second kappa shape index (κ2) is 7.16. The Morgan fingerprint density at radius 3 is 2.52 bits per heavy atom. The number of carbonyl (C=O) groups is 1. The van der Waals surface area contributed by atoms with E-state index in [0.717, 1.165) is 30.8 Å². The third-order valence-corrected chi connectivity index (χ3v) is 5.52. The molecule has 1 unspecified atom stereocenters. The first-order valence-corrected chi connectivity index (χ1v) is 9.17. The molecule has 3 atom stereocenters. The maximum atomic E-state index is 12.6. The molecule has 1 saturated carbocycles. The SMILES string of the molecule is C=C(C)/C=C(\C)CN(C)C1C[C@@H]2CN(C(=O)n3cc(C)cn3)C[C@@H]2C1. The van der Waals surface area contributed by atoms with Crippen molar-refractivity contribution in [1.29, 1.82) is 0 Å². The second-order valence-corrected chi connectivity index (χ2v) is 8.05. The van der Waals surface area contributed by atoms with Crippen LogP contribution in [0.5, 0.6) is 0 Å². The molecule has 1 amide bonds. The largest absolute Gasteiger partial charge is 0.344 e. The van der Waals surface area contributed by atoms with E-state index in [9.17, 15) is 4.79 Å². The molecule has 5 nitrogen and oxygen atoms in total. The zero-order valence-electron chi connectivity index (χ0n) is 15.9. The average Bonchev–Trinajstić information content (AvgIpc) is 3.18. The minimum atomic E-state index is 0.0210. The number of aromatic nitrogens is 2. The molecule has 1 aliphatic carbocycles. The Balaban J connectivity index is 1.54. The van der Waals surface area contributed by atoms with Gasteiger partial charge in [-0.05, 0) is 58.1 Å². The van der Waals surface area contributed by atoms with Gasteiger partial charge in [0.05, 0.1) is 6.20 Å². The average molecular weight is 342 g/mol. The molecule has 0 spiro atoms. The Morgan fingerprint density at radius 1 is 1.36 bits per heavy atom. The van der Waals surface area contributed by atoms with Crippen LogP contribution in [0, 0.1) is 18.8 Å². The summed E-state index contributed by atoms with van der Waals surface area (Å²) in [6, 6.07) is 0.639. The molecule has 1 aromatic heterocycles. The molecule has 0 aromatic carbocycles. The molecular formula is C20H30N4O. The van der Waals surface area contributed by atoms with Gasteiger partial charge in [-0.25, -0.2) is 4.79 Å². The molecule has 2 heterocycles. The van der Waals surface area contributed by atoms with Crippen LogP contribution in [0.25, 0.3) is 0 Å². The summed E-state index contributed by atoms with van der Waals surface area (Å²) in [5.41, 5.74) is 3.49. The topological polar surface area (TPSA) is 41.4 Å². The number of fused-ring (bicyclic) bond motifs is 1. The van der Waals surface area contributed by atoms with E-state index in [-0.39, 0.29) is 6.03 Å². The van der Waals surface area contributed by atoms with Gasteiger partial charge in [-0.15, -0.1) is 0 Å². The third kappa shape index (κ3) is 4.03. The van der Waals surface area contributed by atoms with Gasteiger partial charge < -0.3 is 4.90 Å². The number of rotatable bonds is 4. The molecule has 2 aliphatic rings. The summed E-state index contributed by atoms with van der Waals surface area (Å²) in [5, 5.41) is 4.16. The lowest BCUT2D eigenvalue weighted by atomic mass is 10.0. The van der Waals surface area contributed by atoms with E-state index in [2.05, 4.69) is 36.6 Å². The second-order valence-electron chi connectivity index (χ2n) is 8.05. The van der Waals surface area contributed by atoms with Crippen molar-refractivity contribution >= 4 is 6.03 Å². The summed E-state index contributed by atoms with van der Waals surface area (Å²) >= 11 is 0. The molecule has 3 rings (SSSR count). The normalized spacial score (nSPS) is 26.4. The van der Waals surface area contributed by atoms with E-state index in [1.54, 1.807) is 6.20 Å². The lowest BCUT2D eigenvalue weighted by molar-refractivity contribution is 0.196. The van der Waals surface area contributed by atoms with Gasteiger partial charge in [0.25, 0.3) is 0 Å². The highest BCUT2D eigenvalue weighted by Gasteiger charge is 2.43. The van der Waals surface area contributed by atoms with Crippen molar-refractivity contribution in [2.45, 2.75) is 39.7 Å². The summed E-state index contributed by atoms with van der Waals surface area (Å²) < 4.78 is 1.48. The van der Waals surface area contributed by atoms with Crippen LogP contribution in [0.4, 0.5) is 4.79 Å². The smallest absolute Gasteiger partial charge is 0.322 e. The van der Waals surface area contributed by atoms with Crippen molar-refractivity contribution in [2.24, 2.45) is 11.8 Å². The number of aryl methyl sites for hydroxylation is 1. The van der Waals surface area contributed by atoms with Crippen LogP contribution in [0.3, 0.4) is 0 Å². The highest BCUT2D eigenvalue weighted by Crippen LogP contribution is 2.40. The van der Waals surface area contributed by atoms with E-state index in [4.69, 9.17) is 0 Å². The zero-order chi connectivity index (χ0) is 18.1. The summed E-state index contributed by atoms with van der Waals surface area (Å²) in [7, 11) is 2.22. The van der Waals surface area contributed by atoms with Crippen molar-refractivity contribution in [3.8, 4) is 0 Å². The van der Waals surface area contributed by atoms with Gasteiger partial charge in [-0.1, -0.05) is 23.8 Å². The van der Waals surface area contributed by atoms with Crippen molar-refractivity contribution in [2.75, 3.05) is 26.7 Å². The van der Waals surface area contributed by atoms with E-state index in [0.29, 0.717) is 17.9 Å². The minimum absolute atomic E-state index is 0.0210. The van der Waals surface area contributed by atoms with E-state index in [1.165, 1.54) is 23.1 Å². The fourth-order valence-electron chi connectivity index (χ4n) is 4.44. The number of nitrogens with zero attached hydrogens (tertiary/aromatic N) is 4. The fourth-order valence-corrected chi connectivity index (χ4v) is 4.44. The number of hydrogen-bond acceptors (Lipinski definition) is 3. The number of hydrogen-bond donors (Lipinski definition) is 0. The van der Waals surface area contributed by atoms with E-state index >= 15 is 0 Å². The molecule has 1 aromatic rings. The maximum absolute atomic E-state index is 12.6. The predicted molar refractivity (Wildman–Crippen MR) is 101 cm³/mol. The van der Waals surface area contributed by atoms with Crippen LogP contribution in [0.15, 0.2) is 36.2 Å². The van der Waals surface area contributed by atoms with Crippen molar-refractivity contribution < 1.29 is 4.79 Å². The number of likely N-dealkylation sites (tertiary alicyclic amines) is 1. The van der Waals surface area contributed by atoms with Gasteiger partial charge in [0, 0.05) is 31.9 Å². The minimum Gasteiger partial charge on any atom is -0.322 e. The molecule has 5 heteroatoms. The molecule has 2 fully saturated rings. The Bertz CT molecular complexity index is 676. The molecule has 1 aliphatic heterocycles. The molecule has 1 saturated heterocycles. The van der Waals surface area contributed by atoms with Crippen LogP contribution in [0.2, 0.25) is 0 Å². The lowest BCUT2D eigenvalue weighted by Gasteiger charge is -2.26. The standard InChI is InChI=1S/C20H30N4O/c1-14(2)6-15(3)10-22(5)19-7-17-12-23(13-18(17)8-19)20(25)24-11-16(4)9-21-24/h6,9,11,17-19H,1,7-8,10,12-13H2,2-5H3/b15-6+/t17-,18+,19?. The Labute approximate surface area is 151 Å². The van der Waals surface area contributed by atoms with Gasteiger partial charge in [-0.2, -0.15) is 9.78 Å². The molecule has 0 radical (unpaired) electrons. The number of likely N-dealkylation sites (N-methyl/N-ethyl adjacent to an activating group) is 1. The third-order valence-electron chi connectivity index (χ3n) is 5.52. The summed E-state index contributed by atoms with van der Waals surface area (Å²) in [5.74, 6) is 1.25. The van der Waals surface area contributed by atoms with Gasteiger partial charge in [0.15, 0.2) is 0 Å². The Kier molecular flexibility index (Phi) is 5.13. The van der Waals surface area contributed by atoms with Crippen LogP contribution < -0.4 is 0 Å². The number of carbonyl (C=O) groups excluding carboxylic acids is 1. The monoisotopic (exact) mass is 342 g/mol. The van der Waals surface area contributed by atoms with Crippen LogP contribution in [0.1, 0.15) is 32.3 Å². The summed E-state index contributed by atoms with van der Waals surface area (Å²) in [4.78, 5) is 17.0. The van der Waals surface area contributed by atoms with Crippen molar-refractivity contribution in [3.05, 3.63) is 41.8 Å². The van der Waals surface area contributed by atoms with Crippen LogP contribution >= 0.6 is 0 Å². The van der Waals surface area contributed by atoms with Gasteiger partial charge >= 0.3 is 6.03 Å². The number of amides is 1. The Hall–Kier alpha value is -1.88. The first-order chi connectivity index (χ1) is 11.8. The molecule has 136 valence electrons. The molecule has 0 N–H and O–H groups in total. The quantitative estimate of drug-likeness (QED) is 0.788. The highest BCUT2D eigenvalue weighted by atomic mass is 16.2.